The summed E-state index contributed by atoms with van der Waals surface area (Å²) < 4.78 is 5.33. The molecule has 0 spiro atoms. The van der Waals surface area contributed by atoms with Crippen molar-refractivity contribution in [2.24, 2.45) is 5.73 Å². The number of hydrogen-bond donors (Lipinski definition) is 2. The molecule has 3 nitrogen and oxygen atoms in total. The van der Waals surface area contributed by atoms with Crippen LogP contribution < -0.4 is 11.1 Å². The molecule has 0 aliphatic rings. The minimum absolute atomic E-state index is 0.554. The van der Waals surface area contributed by atoms with Gasteiger partial charge in [-0.05, 0) is 6.04 Å². The maximum atomic E-state index is 5.33. The van der Waals surface area contributed by atoms with Crippen molar-refractivity contribution < 1.29 is 4.74 Å². The van der Waals surface area contributed by atoms with E-state index in [-0.39, 0.29) is 0 Å². The zero-order chi connectivity index (χ0) is 9.45. The predicted octanol–water partition coefficient (Wildman–Crippen LogP) is 1.32. The van der Waals surface area contributed by atoms with E-state index in [1.807, 2.05) is 0 Å². The van der Waals surface area contributed by atoms with Gasteiger partial charge in [-0.3, -0.25) is 0 Å². The van der Waals surface area contributed by atoms with E-state index in [9.17, 15) is 0 Å². The molecule has 0 saturated heterocycles. The Hall–Kier alpha value is -0.483. The van der Waals surface area contributed by atoms with Crippen molar-refractivity contribution in [2.45, 2.75) is 25.7 Å². The summed E-state index contributed by atoms with van der Waals surface area (Å²) in [7, 11) is -0.921. The Bertz CT molecular complexity index is 132. The highest BCUT2D eigenvalue weighted by atomic mass is 28.3. The first-order valence-corrected chi connectivity index (χ1v) is 7.95. The fourth-order valence-corrected chi connectivity index (χ4v) is 1.38. The van der Waals surface area contributed by atoms with E-state index in [2.05, 4.69) is 25.0 Å². The van der Waals surface area contributed by atoms with Gasteiger partial charge in [0.1, 0.15) is 6.73 Å². The lowest BCUT2D eigenvalue weighted by Gasteiger charge is -2.15. The fraction of sp³-hybridized carbons (Fsp3) is 0.750. The van der Waals surface area contributed by atoms with Gasteiger partial charge in [0.2, 0.25) is 0 Å². The van der Waals surface area contributed by atoms with Crippen LogP contribution in [-0.4, -0.2) is 21.4 Å². The molecule has 0 aromatic rings. The van der Waals surface area contributed by atoms with Gasteiger partial charge in [0.05, 0.1) is 0 Å². The predicted molar refractivity (Wildman–Crippen MR) is 55.4 cm³/mol. The van der Waals surface area contributed by atoms with Crippen molar-refractivity contribution in [2.75, 3.05) is 13.3 Å². The normalized spacial score (nSPS) is 12.2. The molecule has 0 aliphatic carbocycles. The first kappa shape index (κ1) is 11.5. The quantitative estimate of drug-likeness (QED) is 0.375. The summed E-state index contributed by atoms with van der Waals surface area (Å²) in [4.78, 5) is 0. The van der Waals surface area contributed by atoms with E-state index in [1.54, 1.807) is 6.20 Å². The third-order valence-corrected chi connectivity index (χ3v) is 3.10. The maximum absolute atomic E-state index is 5.33. The maximum Gasteiger partial charge on any atom is 0.116 e. The Morgan fingerprint density at radius 1 is 1.42 bits per heavy atom. The van der Waals surface area contributed by atoms with Gasteiger partial charge in [0, 0.05) is 27.1 Å². The lowest BCUT2D eigenvalue weighted by atomic mass is 10.8. The molecule has 0 radical (unpaired) electrons. The van der Waals surface area contributed by atoms with Gasteiger partial charge in [-0.1, -0.05) is 19.6 Å². The first-order chi connectivity index (χ1) is 5.56. The van der Waals surface area contributed by atoms with Crippen molar-refractivity contribution in [3.8, 4) is 0 Å². The van der Waals surface area contributed by atoms with Crippen LogP contribution >= 0.6 is 0 Å². The van der Waals surface area contributed by atoms with Crippen LogP contribution in [-0.2, 0) is 4.74 Å². The Morgan fingerprint density at radius 2 is 2.08 bits per heavy atom. The van der Waals surface area contributed by atoms with Crippen LogP contribution in [0.5, 0.6) is 0 Å². The largest absolute Gasteiger partial charge is 0.403 e. The molecule has 0 unspecified atom stereocenters. The van der Waals surface area contributed by atoms with Crippen molar-refractivity contribution in [1.82, 2.24) is 5.32 Å². The molecule has 4 heteroatoms. The highest BCUT2D eigenvalue weighted by Gasteiger charge is 2.11. The van der Waals surface area contributed by atoms with E-state index < -0.39 is 8.07 Å². The van der Waals surface area contributed by atoms with Gasteiger partial charge < -0.3 is 15.8 Å². The number of ether oxygens (including phenoxy) is 1. The highest BCUT2D eigenvalue weighted by Crippen LogP contribution is 2.06. The molecule has 0 aliphatic heterocycles. The molecule has 3 N–H and O–H groups in total. The fourth-order valence-electron chi connectivity index (χ4n) is 0.626. The molecule has 72 valence electrons. The smallest absolute Gasteiger partial charge is 0.116 e. The minimum atomic E-state index is -0.921. The molecular weight excluding hydrogens is 168 g/mol. The zero-order valence-electron chi connectivity index (χ0n) is 8.26. The van der Waals surface area contributed by atoms with Gasteiger partial charge in [-0.15, -0.1) is 0 Å². The lowest BCUT2D eigenvalue weighted by Crippen LogP contribution is -2.23. The summed E-state index contributed by atoms with van der Waals surface area (Å²) in [5, 5.41) is 2.91. The van der Waals surface area contributed by atoms with Crippen LogP contribution in [0.1, 0.15) is 0 Å². The summed E-state index contributed by atoms with van der Waals surface area (Å²) in [5.74, 6) is 0. The summed E-state index contributed by atoms with van der Waals surface area (Å²) in [6.07, 6.45) is 3.14. The SMILES string of the molecule is C[Si](C)(C)CCOCN/C=C\N. The minimum Gasteiger partial charge on any atom is -0.403 e. The van der Waals surface area contributed by atoms with Crippen molar-refractivity contribution in [3.63, 3.8) is 0 Å². The molecule has 0 saturated carbocycles. The molecular formula is C8H20N2OSi. The van der Waals surface area contributed by atoms with Crippen molar-refractivity contribution in [1.29, 1.82) is 0 Å². The highest BCUT2D eigenvalue weighted by molar-refractivity contribution is 6.76. The number of rotatable bonds is 6. The van der Waals surface area contributed by atoms with E-state index in [0.29, 0.717) is 6.73 Å². The summed E-state index contributed by atoms with van der Waals surface area (Å²) in [6, 6.07) is 1.21. The second-order valence-electron chi connectivity index (χ2n) is 3.93. The molecule has 0 bridgehead atoms. The average molecular weight is 188 g/mol. The van der Waals surface area contributed by atoms with Crippen LogP contribution in [0.25, 0.3) is 0 Å². The molecule has 0 rings (SSSR count). The van der Waals surface area contributed by atoms with E-state index >= 15 is 0 Å². The van der Waals surface area contributed by atoms with Gasteiger partial charge in [0.15, 0.2) is 0 Å². The van der Waals surface area contributed by atoms with Crippen LogP contribution in [0.3, 0.4) is 0 Å². The average Bonchev–Trinajstić information content (AvgIpc) is 1.94. The monoisotopic (exact) mass is 188 g/mol. The molecule has 0 heterocycles. The summed E-state index contributed by atoms with van der Waals surface area (Å²) >= 11 is 0. The topological polar surface area (TPSA) is 47.3 Å². The zero-order valence-corrected chi connectivity index (χ0v) is 9.26. The van der Waals surface area contributed by atoms with Gasteiger partial charge in [-0.25, -0.2) is 0 Å². The van der Waals surface area contributed by atoms with Crippen molar-refractivity contribution in [3.05, 3.63) is 12.4 Å². The number of nitrogens with one attached hydrogen (secondary N) is 1. The first-order valence-electron chi connectivity index (χ1n) is 4.24. The second-order valence-corrected chi connectivity index (χ2v) is 9.55. The second kappa shape index (κ2) is 6.08. The summed E-state index contributed by atoms with van der Waals surface area (Å²) in [5.41, 5.74) is 5.12. The molecule has 0 fully saturated rings. The molecule has 0 atom stereocenters. The Kier molecular flexibility index (Phi) is 5.83. The van der Waals surface area contributed by atoms with Crippen LogP contribution in [0.4, 0.5) is 0 Å². The lowest BCUT2D eigenvalue weighted by molar-refractivity contribution is 0.137. The third kappa shape index (κ3) is 9.52. The van der Waals surface area contributed by atoms with Crippen LogP contribution in [0, 0.1) is 0 Å². The van der Waals surface area contributed by atoms with Crippen molar-refractivity contribution >= 4 is 8.07 Å². The van der Waals surface area contributed by atoms with E-state index in [4.69, 9.17) is 10.5 Å². The Balaban J connectivity index is 3.11. The number of nitrogens with two attached hydrogens (primary N) is 1. The number of hydrogen-bond acceptors (Lipinski definition) is 3. The van der Waals surface area contributed by atoms with Gasteiger partial charge in [-0.2, -0.15) is 0 Å². The van der Waals surface area contributed by atoms with Gasteiger partial charge in [0.25, 0.3) is 0 Å². The Morgan fingerprint density at radius 3 is 2.58 bits per heavy atom. The van der Waals surface area contributed by atoms with Crippen LogP contribution in [0.2, 0.25) is 25.7 Å². The van der Waals surface area contributed by atoms with Gasteiger partial charge >= 0.3 is 0 Å². The van der Waals surface area contributed by atoms with E-state index in [1.165, 1.54) is 12.2 Å². The summed E-state index contributed by atoms with van der Waals surface area (Å²) in [6.45, 7) is 8.41. The molecule has 0 aromatic carbocycles. The van der Waals surface area contributed by atoms with Crippen LogP contribution in [0.15, 0.2) is 12.4 Å². The molecule has 12 heavy (non-hydrogen) atoms. The third-order valence-electron chi connectivity index (χ3n) is 1.40. The van der Waals surface area contributed by atoms with E-state index in [0.717, 1.165) is 6.61 Å². The molecule has 0 aromatic heterocycles. The standard InChI is InChI=1S/C8H20N2OSi/c1-12(2,3)7-6-11-8-10-5-4-9/h4-5,10H,6-9H2,1-3H3/b5-4-. The Labute approximate surface area is 76.0 Å². The molecule has 0 amide bonds.